The number of carbonyl (C=O) groups excluding carboxylic acids is 2. The highest BCUT2D eigenvalue weighted by Gasteiger charge is 2.28. The molecule has 2 rings (SSSR count). The van der Waals surface area contributed by atoms with Crippen molar-refractivity contribution in [2.75, 3.05) is 0 Å². The van der Waals surface area contributed by atoms with Gasteiger partial charge in [-0.15, -0.1) is 0 Å². The van der Waals surface area contributed by atoms with Crippen molar-refractivity contribution in [3.05, 3.63) is 75.6 Å². The molecule has 2 aromatic carbocycles. The molecular weight excluding hydrogens is 367 g/mol. The Hall–Kier alpha value is -3.29. The van der Waals surface area contributed by atoms with Crippen LogP contribution in [0.5, 0.6) is 0 Å². The van der Waals surface area contributed by atoms with Crippen LogP contribution in [0.15, 0.2) is 48.5 Å². The number of nitro groups is 1. The SMILES string of the molecule is CC(C)[C@H](NC(=O)c1ccccc1F)C(=O)O[C@H](C)c1cccc([N+](=O)[O-])c1. The largest absolute Gasteiger partial charge is 0.456 e. The van der Waals surface area contributed by atoms with Crippen molar-refractivity contribution in [1.29, 1.82) is 0 Å². The molecule has 0 unspecified atom stereocenters. The summed E-state index contributed by atoms with van der Waals surface area (Å²) in [6, 6.07) is 10.2. The second-order valence-electron chi connectivity index (χ2n) is 6.61. The van der Waals surface area contributed by atoms with E-state index in [4.69, 9.17) is 4.74 Å². The minimum Gasteiger partial charge on any atom is -0.456 e. The van der Waals surface area contributed by atoms with E-state index >= 15 is 0 Å². The van der Waals surface area contributed by atoms with Crippen molar-refractivity contribution < 1.29 is 23.6 Å². The first-order valence-electron chi connectivity index (χ1n) is 8.71. The summed E-state index contributed by atoms with van der Waals surface area (Å²) in [5, 5.41) is 13.4. The fraction of sp³-hybridized carbons (Fsp3) is 0.300. The molecular formula is C20H21FN2O5. The van der Waals surface area contributed by atoms with Crippen LogP contribution < -0.4 is 5.32 Å². The van der Waals surface area contributed by atoms with Gasteiger partial charge in [-0.1, -0.05) is 38.1 Å². The molecule has 8 heteroatoms. The molecule has 0 spiro atoms. The number of esters is 1. The lowest BCUT2D eigenvalue weighted by atomic mass is 10.0. The summed E-state index contributed by atoms with van der Waals surface area (Å²) in [6.45, 7) is 5.00. The van der Waals surface area contributed by atoms with Crippen molar-refractivity contribution in [3.63, 3.8) is 0 Å². The van der Waals surface area contributed by atoms with Crippen LogP contribution in [-0.2, 0) is 9.53 Å². The Morgan fingerprint density at radius 3 is 2.39 bits per heavy atom. The first-order chi connectivity index (χ1) is 13.2. The van der Waals surface area contributed by atoms with Crippen molar-refractivity contribution in [2.24, 2.45) is 5.92 Å². The summed E-state index contributed by atoms with van der Waals surface area (Å²) in [5.41, 5.74) is 0.159. The minimum atomic E-state index is -1.01. The monoisotopic (exact) mass is 388 g/mol. The van der Waals surface area contributed by atoms with Crippen LogP contribution in [-0.4, -0.2) is 22.8 Å². The average Bonchev–Trinajstić information content (AvgIpc) is 2.65. The molecule has 148 valence electrons. The third-order valence-electron chi connectivity index (χ3n) is 4.17. The summed E-state index contributed by atoms with van der Waals surface area (Å²) < 4.78 is 19.2. The summed E-state index contributed by atoms with van der Waals surface area (Å²) in [4.78, 5) is 35.3. The number of amides is 1. The Kier molecular flexibility index (Phi) is 6.81. The van der Waals surface area contributed by atoms with Gasteiger partial charge >= 0.3 is 5.97 Å². The average molecular weight is 388 g/mol. The van der Waals surface area contributed by atoms with Gasteiger partial charge in [-0.05, 0) is 30.5 Å². The summed E-state index contributed by atoms with van der Waals surface area (Å²) in [5.74, 6) is -2.45. The normalized spacial score (nSPS) is 12.9. The van der Waals surface area contributed by atoms with E-state index in [0.717, 1.165) is 6.07 Å². The molecule has 28 heavy (non-hydrogen) atoms. The first kappa shape index (κ1) is 21.0. The van der Waals surface area contributed by atoms with E-state index in [1.165, 1.54) is 36.4 Å². The molecule has 2 atom stereocenters. The van der Waals surface area contributed by atoms with Crippen LogP contribution in [0, 0.1) is 21.8 Å². The number of rotatable bonds is 7. The predicted molar refractivity (Wildman–Crippen MR) is 100 cm³/mol. The van der Waals surface area contributed by atoms with Gasteiger partial charge in [-0.2, -0.15) is 0 Å². The summed E-state index contributed by atoms with van der Waals surface area (Å²) >= 11 is 0. The maximum atomic E-state index is 13.8. The highest BCUT2D eigenvalue weighted by Crippen LogP contribution is 2.23. The van der Waals surface area contributed by atoms with E-state index in [1.54, 1.807) is 26.8 Å². The number of benzene rings is 2. The quantitative estimate of drug-likeness (QED) is 0.442. The van der Waals surface area contributed by atoms with Gasteiger partial charge in [0.25, 0.3) is 11.6 Å². The lowest BCUT2D eigenvalue weighted by Gasteiger charge is -2.23. The van der Waals surface area contributed by atoms with E-state index in [-0.39, 0.29) is 17.2 Å². The molecule has 0 fully saturated rings. The molecule has 0 aliphatic heterocycles. The van der Waals surface area contributed by atoms with Crippen LogP contribution in [0.3, 0.4) is 0 Å². The molecule has 0 aliphatic rings. The Labute approximate surface area is 161 Å². The van der Waals surface area contributed by atoms with E-state index < -0.39 is 34.8 Å². The molecule has 0 saturated carbocycles. The number of nitrogens with zero attached hydrogens (tertiary/aromatic N) is 1. The van der Waals surface area contributed by atoms with Crippen molar-refractivity contribution in [2.45, 2.75) is 32.9 Å². The molecule has 2 aromatic rings. The number of nitro benzene ring substituents is 1. The van der Waals surface area contributed by atoms with Crippen LogP contribution in [0.1, 0.15) is 42.8 Å². The zero-order chi connectivity index (χ0) is 20.8. The fourth-order valence-electron chi connectivity index (χ4n) is 2.57. The van der Waals surface area contributed by atoms with E-state index in [2.05, 4.69) is 5.32 Å². The van der Waals surface area contributed by atoms with Gasteiger partial charge in [-0.25, -0.2) is 9.18 Å². The van der Waals surface area contributed by atoms with Gasteiger partial charge < -0.3 is 10.1 Å². The van der Waals surface area contributed by atoms with Crippen LogP contribution in [0.2, 0.25) is 0 Å². The molecule has 7 nitrogen and oxygen atoms in total. The highest BCUT2D eigenvalue weighted by atomic mass is 19.1. The number of halogens is 1. The summed E-state index contributed by atoms with van der Waals surface area (Å²) in [7, 11) is 0. The number of ether oxygens (including phenoxy) is 1. The van der Waals surface area contributed by atoms with Gasteiger partial charge in [0.15, 0.2) is 0 Å². The van der Waals surface area contributed by atoms with E-state index in [9.17, 15) is 24.1 Å². The second-order valence-corrected chi connectivity index (χ2v) is 6.61. The standard InChI is InChI=1S/C20H21FN2O5/c1-12(2)18(22-19(24)16-9-4-5-10-17(16)21)20(25)28-13(3)14-7-6-8-15(11-14)23(26)27/h4-13,18H,1-3H3,(H,22,24)/t13-,18+/m1/s1. The highest BCUT2D eigenvalue weighted by molar-refractivity contribution is 5.97. The second kappa shape index (κ2) is 9.07. The smallest absolute Gasteiger partial charge is 0.329 e. The molecule has 0 bridgehead atoms. The van der Waals surface area contributed by atoms with Gasteiger partial charge in [0.1, 0.15) is 18.0 Å². The third-order valence-corrected chi connectivity index (χ3v) is 4.17. The Balaban J connectivity index is 2.12. The van der Waals surface area contributed by atoms with Crippen molar-refractivity contribution in [3.8, 4) is 0 Å². The van der Waals surface area contributed by atoms with E-state index in [1.807, 2.05) is 0 Å². The number of hydrogen-bond acceptors (Lipinski definition) is 5. The van der Waals surface area contributed by atoms with Crippen LogP contribution in [0.25, 0.3) is 0 Å². The molecule has 0 radical (unpaired) electrons. The topological polar surface area (TPSA) is 98.5 Å². The molecule has 1 N–H and O–H groups in total. The Bertz CT molecular complexity index is 884. The molecule has 0 aliphatic carbocycles. The molecule has 0 heterocycles. The lowest BCUT2D eigenvalue weighted by molar-refractivity contribution is -0.385. The summed E-state index contributed by atoms with van der Waals surface area (Å²) in [6.07, 6.45) is -0.765. The Morgan fingerprint density at radius 2 is 1.79 bits per heavy atom. The lowest BCUT2D eigenvalue weighted by Crippen LogP contribution is -2.45. The maximum Gasteiger partial charge on any atom is 0.329 e. The zero-order valence-corrected chi connectivity index (χ0v) is 15.7. The van der Waals surface area contributed by atoms with Gasteiger partial charge in [0.05, 0.1) is 10.5 Å². The number of hydrogen-bond donors (Lipinski definition) is 1. The predicted octanol–water partition coefficient (Wildman–Crippen LogP) is 3.79. The van der Waals surface area contributed by atoms with Crippen molar-refractivity contribution >= 4 is 17.6 Å². The number of non-ortho nitro benzene ring substituents is 1. The van der Waals surface area contributed by atoms with Gasteiger partial charge in [-0.3, -0.25) is 14.9 Å². The fourth-order valence-corrected chi connectivity index (χ4v) is 2.57. The zero-order valence-electron chi connectivity index (χ0n) is 15.7. The van der Waals surface area contributed by atoms with Gasteiger partial charge in [0, 0.05) is 12.1 Å². The molecule has 0 aromatic heterocycles. The maximum absolute atomic E-state index is 13.8. The molecule has 1 amide bonds. The molecule has 0 saturated heterocycles. The number of carbonyl (C=O) groups is 2. The minimum absolute atomic E-state index is 0.117. The van der Waals surface area contributed by atoms with Crippen LogP contribution >= 0.6 is 0 Å². The Morgan fingerprint density at radius 1 is 1.11 bits per heavy atom. The van der Waals surface area contributed by atoms with Crippen molar-refractivity contribution in [1.82, 2.24) is 5.32 Å². The third kappa shape index (κ3) is 5.12. The van der Waals surface area contributed by atoms with Gasteiger partial charge in [0.2, 0.25) is 0 Å². The first-order valence-corrected chi connectivity index (χ1v) is 8.71. The number of nitrogens with one attached hydrogen (secondary N) is 1. The van der Waals surface area contributed by atoms with E-state index in [0.29, 0.717) is 5.56 Å². The van der Waals surface area contributed by atoms with Crippen LogP contribution in [0.4, 0.5) is 10.1 Å².